The van der Waals surface area contributed by atoms with Crippen molar-refractivity contribution in [2.24, 2.45) is 0 Å². The molecule has 7 nitrogen and oxygen atoms in total. The Morgan fingerprint density at radius 2 is 1.87 bits per heavy atom. The molecular formula is C16H20N4O3. The van der Waals surface area contributed by atoms with Gasteiger partial charge in [0.1, 0.15) is 5.76 Å². The fraction of sp³-hybridized carbons (Fsp3) is 0.312. The van der Waals surface area contributed by atoms with Gasteiger partial charge in [-0.2, -0.15) is 0 Å². The van der Waals surface area contributed by atoms with Gasteiger partial charge in [0.05, 0.1) is 5.69 Å². The highest BCUT2D eigenvalue weighted by Gasteiger charge is 2.11. The highest BCUT2D eigenvalue weighted by atomic mass is 16.5. The zero-order valence-corrected chi connectivity index (χ0v) is 13.4. The molecule has 2 rings (SSSR count). The number of carbonyl (C=O) groups excluding carboxylic acids is 2. The summed E-state index contributed by atoms with van der Waals surface area (Å²) < 4.78 is 5.08. The number of anilines is 2. The molecule has 0 atom stereocenters. The minimum Gasteiger partial charge on any atom is -0.361 e. The number of aryl methyl sites for hydroxylation is 2. The first-order valence-electron chi connectivity index (χ1n) is 7.30. The van der Waals surface area contributed by atoms with Crippen molar-refractivity contribution in [1.82, 2.24) is 10.5 Å². The molecule has 0 unspecified atom stereocenters. The number of hydrogen-bond acceptors (Lipinski definition) is 4. The number of rotatable bonds is 5. The maximum Gasteiger partial charge on any atom is 0.318 e. The maximum atomic E-state index is 12.1. The van der Waals surface area contributed by atoms with Crippen LogP contribution in [0.2, 0.25) is 0 Å². The van der Waals surface area contributed by atoms with Crippen LogP contribution in [0, 0.1) is 13.8 Å². The van der Waals surface area contributed by atoms with Crippen LogP contribution in [0.4, 0.5) is 16.2 Å². The first-order valence-corrected chi connectivity index (χ1v) is 7.30. The van der Waals surface area contributed by atoms with Crippen molar-refractivity contribution in [2.45, 2.75) is 26.7 Å². The van der Waals surface area contributed by atoms with E-state index >= 15 is 0 Å². The van der Waals surface area contributed by atoms with Crippen molar-refractivity contribution in [3.63, 3.8) is 0 Å². The molecule has 0 aliphatic rings. The van der Waals surface area contributed by atoms with Crippen LogP contribution in [0.3, 0.4) is 0 Å². The molecule has 0 bridgehead atoms. The molecule has 0 aliphatic carbocycles. The monoisotopic (exact) mass is 316 g/mol. The van der Waals surface area contributed by atoms with Gasteiger partial charge in [0.2, 0.25) is 5.91 Å². The van der Waals surface area contributed by atoms with E-state index in [0.29, 0.717) is 24.2 Å². The molecule has 1 aromatic heterocycles. The van der Waals surface area contributed by atoms with Gasteiger partial charge in [-0.3, -0.25) is 4.79 Å². The molecule has 0 radical (unpaired) electrons. The Bertz CT molecular complexity index is 690. The number of aromatic nitrogens is 1. The van der Waals surface area contributed by atoms with Crippen molar-refractivity contribution in [3.05, 3.63) is 41.3 Å². The van der Waals surface area contributed by atoms with Crippen LogP contribution in [0.15, 0.2) is 28.8 Å². The Balaban J connectivity index is 1.92. The third-order valence-corrected chi connectivity index (χ3v) is 3.41. The molecule has 0 aliphatic heterocycles. The number of amides is 3. The van der Waals surface area contributed by atoms with E-state index in [1.165, 1.54) is 7.05 Å². The third kappa shape index (κ3) is 4.57. The van der Waals surface area contributed by atoms with Crippen molar-refractivity contribution in [2.75, 3.05) is 17.7 Å². The highest BCUT2D eigenvalue weighted by Crippen LogP contribution is 2.17. The number of hydrogen-bond donors (Lipinski definition) is 3. The summed E-state index contributed by atoms with van der Waals surface area (Å²) in [5.74, 6) is 0.633. The summed E-state index contributed by atoms with van der Waals surface area (Å²) in [6.07, 6.45) is 0.902. The van der Waals surface area contributed by atoms with Crippen LogP contribution in [-0.4, -0.2) is 24.1 Å². The minimum absolute atomic E-state index is 0.109. The van der Waals surface area contributed by atoms with Crippen molar-refractivity contribution in [3.8, 4) is 0 Å². The molecule has 3 N–H and O–H groups in total. The summed E-state index contributed by atoms with van der Waals surface area (Å²) >= 11 is 0. The quantitative estimate of drug-likeness (QED) is 0.790. The second-order valence-electron chi connectivity index (χ2n) is 5.14. The Kier molecular flexibility index (Phi) is 5.35. The Morgan fingerprint density at radius 3 is 2.48 bits per heavy atom. The molecular weight excluding hydrogens is 296 g/mol. The molecule has 0 saturated carbocycles. The molecule has 1 heterocycles. The van der Waals surface area contributed by atoms with Crippen LogP contribution in [0.5, 0.6) is 0 Å². The highest BCUT2D eigenvalue weighted by molar-refractivity contribution is 5.93. The summed E-state index contributed by atoms with van der Waals surface area (Å²) in [5.41, 5.74) is 3.01. The Hall–Kier alpha value is -2.83. The largest absolute Gasteiger partial charge is 0.361 e. The van der Waals surface area contributed by atoms with E-state index in [1.54, 1.807) is 24.3 Å². The van der Waals surface area contributed by atoms with Crippen molar-refractivity contribution >= 4 is 23.3 Å². The maximum absolute atomic E-state index is 12.1. The van der Waals surface area contributed by atoms with Gasteiger partial charge in [0.25, 0.3) is 0 Å². The van der Waals surface area contributed by atoms with Gasteiger partial charge in [-0.15, -0.1) is 0 Å². The number of carbonyl (C=O) groups is 2. The molecule has 7 heteroatoms. The minimum atomic E-state index is -0.313. The van der Waals surface area contributed by atoms with E-state index < -0.39 is 0 Å². The summed E-state index contributed by atoms with van der Waals surface area (Å²) in [5, 5.41) is 11.8. The predicted molar refractivity (Wildman–Crippen MR) is 87.4 cm³/mol. The molecule has 23 heavy (non-hydrogen) atoms. The fourth-order valence-electron chi connectivity index (χ4n) is 2.19. The van der Waals surface area contributed by atoms with E-state index in [1.807, 2.05) is 13.8 Å². The van der Waals surface area contributed by atoms with Gasteiger partial charge in [-0.1, -0.05) is 11.2 Å². The average molecular weight is 316 g/mol. The van der Waals surface area contributed by atoms with Gasteiger partial charge in [0, 0.05) is 30.4 Å². The number of nitrogens with one attached hydrogen (secondary N) is 3. The molecule has 2 aromatic rings. The zero-order chi connectivity index (χ0) is 16.8. The molecule has 0 fully saturated rings. The normalized spacial score (nSPS) is 10.2. The van der Waals surface area contributed by atoms with Crippen LogP contribution >= 0.6 is 0 Å². The molecule has 1 aromatic carbocycles. The van der Waals surface area contributed by atoms with Gasteiger partial charge in [-0.25, -0.2) is 4.79 Å². The van der Waals surface area contributed by atoms with Crippen molar-refractivity contribution in [1.29, 1.82) is 0 Å². The Morgan fingerprint density at radius 1 is 1.17 bits per heavy atom. The van der Waals surface area contributed by atoms with Gasteiger partial charge in [-0.05, 0) is 38.5 Å². The summed E-state index contributed by atoms with van der Waals surface area (Å²) in [4.78, 5) is 23.3. The van der Waals surface area contributed by atoms with E-state index in [9.17, 15) is 9.59 Å². The van der Waals surface area contributed by atoms with E-state index in [-0.39, 0.29) is 11.9 Å². The number of nitrogens with zero attached hydrogens (tertiary/aromatic N) is 1. The average Bonchev–Trinajstić information content (AvgIpc) is 2.84. The lowest BCUT2D eigenvalue weighted by Gasteiger charge is -2.08. The molecule has 122 valence electrons. The van der Waals surface area contributed by atoms with Crippen LogP contribution in [-0.2, 0) is 11.2 Å². The SMILES string of the molecule is CNC(=O)Nc1cccc(NC(=O)CCc2c(C)noc2C)c1. The molecule has 3 amide bonds. The lowest BCUT2D eigenvalue weighted by atomic mass is 10.1. The first-order chi connectivity index (χ1) is 11.0. The number of urea groups is 1. The predicted octanol–water partition coefficient (Wildman–Crippen LogP) is 2.61. The van der Waals surface area contributed by atoms with Gasteiger partial charge >= 0.3 is 6.03 Å². The standard InChI is InChI=1S/C16H20N4O3/c1-10-14(11(2)23-20-10)7-8-15(21)18-12-5-4-6-13(9-12)19-16(22)17-3/h4-6,9H,7-8H2,1-3H3,(H,18,21)(H2,17,19,22). The van der Waals surface area contributed by atoms with Crippen molar-refractivity contribution < 1.29 is 14.1 Å². The van der Waals surface area contributed by atoms with Crippen LogP contribution in [0.25, 0.3) is 0 Å². The smallest absolute Gasteiger partial charge is 0.318 e. The van der Waals surface area contributed by atoms with Gasteiger partial charge < -0.3 is 20.5 Å². The molecule has 0 saturated heterocycles. The van der Waals surface area contributed by atoms with Gasteiger partial charge in [0.15, 0.2) is 0 Å². The summed E-state index contributed by atoms with van der Waals surface area (Å²) in [6.45, 7) is 3.69. The van der Waals surface area contributed by atoms with E-state index in [2.05, 4.69) is 21.1 Å². The second-order valence-corrected chi connectivity index (χ2v) is 5.14. The topological polar surface area (TPSA) is 96.3 Å². The van der Waals surface area contributed by atoms with E-state index in [0.717, 1.165) is 17.0 Å². The fourth-order valence-corrected chi connectivity index (χ4v) is 2.19. The van der Waals surface area contributed by atoms with Crippen LogP contribution in [0.1, 0.15) is 23.4 Å². The second kappa shape index (κ2) is 7.44. The first kappa shape index (κ1) is 16.5. The lowest BCUT2D eigenvalue weighted by Crippen LogP contribution is -2.24. The zero-order valence-electron chi connectivity index (χ0n) is 13.4. The Labute approximate surface area is 134 Å². The number of benzene rings is 1. The summed E-state index contributed by atoms with van der Waals surface area (Å²) in [6, 6.07) is 6.66. The lowest BCUT2D eigenvalue weighted by molar-refractivity contribution is -0.116. The third-order valence-electron chi connectivity index (χ3n) is 3.41. The van der Waals surface area contributed by atoms with E-state index in [4.69, 9.17) is 4.52 Å². The molecule has 0 spiro atoms. The van der Waals surface area contributed by atoms with Crippen LogP contribution < -0.4 is 16.0 Å². The summed E-state index contributed by atoms with van der Waals surface area (Å²) in [7, 11) is 1.54.